The van der Waals surface area contributed by atoms with E-state index in [2.05, 4.69) is 13.8 Å². The Bertz CT molecular complexity index is 172. The van der Waals surface area contributed by atoms with Crippen LogP contribution in [0.5, 0.6) is 0 Å². The molecule has 0 bridgehead atoms. The predicted octanol–water partition coefficient (Wildman–Crippen LogP) is 3.71. The van der Waals surface area contributed by atoms with Gasteiger partial charge in [0, 0.05) is 19.8 Å². The maximum atomic E-state index is 5.84. The van der Waals surface area contributed by atoms with Crippen LogP contribution in [0.3, 0.4) is 0 Å². The summed E-state index contributed by atoms with van der Waals surface area (Å²) < 4.78 is 11.7. The van der Waals surface area contributed by atoms with Gasteiger partial charge in [-0.2, -0.15) is 0 Å². The third-order valence-corrected chi connectivity index (χ3v) is 7.93. The van der Waals surface area contributed by atoms with Crippen molar-refractivity contribution in [1.29, 1.82) is 0 Å². The number of hydrogen-bond donors (Lipinski definition) is 0. The van der Waals surface area contributed by atoms with E-state index < -0.39 is 8.56 Å². The minimum atomic E-state index is -1.87. The lowest BCUT2D eigenvalue weighted by Gasteiger charge is -2.33. The zero-order valence-electron chi connectivity index (χ0n) is 10.7. The first kappa shape index (κ1) is 13.2. The molecule has 0 saturated heterocycles. The average molecular weight is 230 g/mol. The summed E-state index contributed by atoms with van der Waals surface area (Å²) in [4.78, 5) is 0. The lowest BCUT2D eigenvalue weighted by atomic mass is 10.2. The van der Waals surface area contributed by atoms with E-state index in [1.807, 2.05) is 14.2 Å². The normalized spacial score (nSPS) is 19.0. The summed E-state index contributed by atoms with van der Waals surface area (Å²) in [6.07, 6.45) is 6.63. The molecule has 0 spiro atoms. The van der Waals surface area contributed by atoms with Crippen LogP contribution in [0, 0.1) is 5.92 Å². The standard InChI is InChI=1S/C12H26O2Si/c1-11(2)9-10-15(13-3,14-4)12-7-5-6-8-12/h11-12H,5-10H2,1-4H3. The Morgan fingerprint density at radius 3 is 2.07 bits per heavy atom. The second-order valence-corrected chi connectivity index (χ2v) is 8.89. The molecule has 0 aromatic carbocycles. The average Bonchev–Trinajstić information content (AvgIpc) is 2.74. The van der Waals surface area contributed by atoms with E-state index >= 15 is 0 Å². The molecule has 1 aliphatic carbocycles. The summed E-state index contributed by atoms with van der Waals surface area (Å²) in [6.45, 7) is 4.55. The molecule has 0 aliphatic heterocycles. The molecule has 0 aromatic rings. The molecule has 2 nitrogen and oxygen atoms in total. The third kappa shape index (κ3) is 3.30. The van der Waals surface area contributed by atoms with Crippen molar-refractivity contribution in [3.8, 4) is 0 Å². The van der Waals surface area contributed by atoms with Crippen LogP contribution in [-0.4, -0.2) is 22.8 Å². The Hall–Kier alpha value is 0.137. The van der Waals surface area contributed by atoms with Gasteiger partial charge in [0.2, 0.25) is 0 Å². The third-order valence-electron chi connectivity index (χ3n) is 3.74. The smallest absolute Gasteiger partial charge is 0.340 e. The first-order chi connectivity index (χ1) is 7.14. The van der Waals surface area contributed by atoms with Crippen molar-refractivity contribution >= 4 is 8.56 Å². The van der Waals surface area contributed by atoms with E-state index in [0.29, 0.717) is 0 Å². The summed E-state index contributed by atoms with van der Waals surface area (Å²) in [7, 11) is 1.84. The van der Waals surface area contributed by atoms with Gasteiger partial charge in [-0.05, 0) is 31.2 Å². The van der Waals surface area contributed by atoms with E-state index in [1.165, 1.54) is 38.1 Å². The summed E-state index contributed by atoms with van der Waals surface area (Å²) in [5, 5.41) is 0. The van der Waals surface area contributed by atoms with Crippen LogP contribution < -0.4 is 0 Å². The summed E-state index contributed by atoms with van der Waals surface area (Å²) in [5.41, 5.74) is 0.742. The lowest BCUT2D eigenvalue weighted by molar-refractivity contribution is 0.225. The van der Waals surface area contributed by atoms with Gasteiger partial charge in [-0.3, -0.25) is 0 Å². The highest BCUT2D eigenvalue weighted by atomic mass is 28.4. The van der Waals surface area contributed by atoms with Crippen LogP contribution in [0.25, 0.3) is 0 Å². The van der Waals surface area contributed by atoms with Crippen LogP contribution in [0.4, 0.5) is 0 Å². The monoisotopic (exact) mass is 230 g/mol. The number of hydrogen-bond acceptors (Lipinski definition) is 2. The Morgan fingerprint density at radius 2 is 1.67 bits per heavy atom. The molecule has 15 heavy (non-hydrogen) atoms. The quantitative estimate of drug-likeness (QED) is 0.648. The van der Waals surface area contributed by atoms with Gasteiger partial charge in [0.1, 0.15) is 0 Å². The Labute approximate surface area is 95.6 Å². The molecule has 0 N–H and O–H groups in total. The van der Waals surface area contributed by atoms with E-state index in [9.17, 15) is 0 Å². The van der Waals surface area contributed by atoms with Crippen molar-refractivity contribution in [1.82, 2.24) is 0 Å². The fourth-order valence-electron chi connectivity index (χ4n) is 2.68. The molecule has 90 valence electrons. The van der Waals surface area contributed by atoms with E-state index in [-0.39, 0.29) is 0 Å². The SMILES string of the molecule is CO[Si](CCC(C)C)(OC)C1CCCC1. The van der Waals surface area contributed by atoms with Gasteiger partial charge in [-0.25, -0.2) is 0 Å². The molecule has 0 radical (unpaired) electrons. The van der Waals surface area contributed by atoms with Crippen LogP contribution >= 0.6 is 0 Å². The fraction of sp³-hybridized carbons (Fsp3) is 1.00. The molecule has 1 aliphatic rings. The first-order valence-corrected chi connectivity index (χ1v) is 8.35. The molecule has 3 heteroatoms. The summed E-state index contributed by atoms with van der Waals surface area (Å²) >= 11 is 0. The maximum Gasteiger partial charge on any atom is 0.340 e. The van der Waals surface area contributed by atoms with Gasteiger partial charge < -0.3 is 8.85 Å². The van der Waals surface area contributed by atoms with Crippen molar-refractivity contribution in [2.45, 2.75) is 57.5 Å². The molecule has 1 fully saturated rings. The molecule has 0 unspecified atom stereocenters. The maximum absolute atomic E-state index is 5.84. The first-order valence-electron chi connectivity index (χ1n) is 6.25. The van der Waals surface area contributed by atoms with Crippen LogP contribution in [-0.2, 0) is 8.85 Å². The Kier molecular flexibility index (Phi) is 5.30. The van der Waals surface area contributed by atoms with Crippen molar-refractivity contribution < 1.29 is 8.85 Å². The summed E-state index contributed by atoms with van der Waals surface area (Å²) in [6, 6.07) is 1.17. The minimum absolute atomic E-state index is 0.742. The second-order valence-electron chi connectivity index (χ2n) is 5.13. The highest BCUT2D eigenvalue weighted by Gasteiger charge is 2.44. The Morgan fingerprint density at radius 1 is 1.13 bits per heavy atom. The zero-order chi connectivity index (χ0) is 11.3. The molecule has 0 aromatic heterocycles. The number of rotatable bonds is 6. The molecule has 0 amide bonds. The van der Waals surface area contributed by atoms with Crippen molar-refractivity contribution in [3.05, 3.63) is 0 Å². The summed E-state index contributed by atoms with van der Waals surface area (Å²) in [5.74, 6) is 0.753. The van der Waals surface area contributed by atoms with E-state index in [4.69, 9.17) is 8.85 Å². The van der Waals surface area contributed by atoms with Gasteiger partial charge in [0.15, 0.2) is 0 Å². The van der Waals surface area contributed by atoms with Gasteiger partial charge in [-0.15, -0.1) is 0 Å². The second kappa shape index (κ2) is 6.02. The highest BCUT2D eigenvalue weighted by Crippen LogP contribution is 2.42. The lowest BCUT2D eigenvalue weighted by Crippen LogP contribution is -2.44. The highest BCUT2D eigenvalue weighted by molar-refractivity contribution is 6.69. The molecule has 1 rings (SSSR count). The van der Waals surface area contributed by atoms with Crippen molar-refractivity contribution in [2.75, 3.05) is 14.2 Å². The zero-order valence-corrected chi connectivity index (χ0v) is 11.7. The van der Waals surface area contributed by atoms with E-state index in [1.54, 1.807) is 0 Å². The fourth-order valence-corrected chi connectivity index (χ4v) is 6.60. The van der Waals surface area contributed by atoms with Crippen LogP contribution in [0.1, 0.15) is 46.0 Å². The van der Waals surface area contributed by atoms with E-state index in [0.717, 1.165) is 11.5 Å². The Balaban J connectivity index is 2.58. The van der Waals surface area contributed by atoms with Crippen molar-refractivity contribution in [3.63, 3.8) is 0 Å². The minimum Gasteiger partial charge on any atom is -0.397 e. The van der Waals surface area contributed by atoms with Gasteiger partial charge >= 0.3 is 8.56 Å². The van der Waals surface area contributed by atoms with Gasteiger partial charge in [0.05, 0.1) is 0 Å². The van der Waals surface area contributed by atoms with Crippen LogP contribution in [0.2, 0.25) is 11.6 Å². The predicted molar refractivity (Wildman–Crippen MR) is 66.3 cm³/mol. The molecular formula is C12H26O2Si. The molecule has 1 saturated carbocycles. The van der Waals surface area contributed by atoms with Crippen LogP contribution in [0.15, 0.2) is 0 Å². The molecule has 0 heterocycles. The van der Waals surface area contributed by atoms with Gasteiger partial charge in [-0.1, -0.05) is 26.7 Å². The molecule has 0 atom stereocenters. The largest absolute Gasteiger partial charge is 0.397 e. The topological polar surface area (TPSA) is 18.5 Å². The molecular weight excluding hydrogens is 204 g/mol. The van der Waals surface area contributed by atoms with Gasteiger partial charge in [0.25, 0.3) is 0 Å². The van der Waals surface area contributed by atoms with Crippen molar-refractivity contribution in [2.24, 2.45) is 5.92 Å².